The SMILES string of the molecule is O=C(O)C[C@H]1CC(c2cccc(Cl)c2)[C@@H](c2ccc(Cl)cc2)N(CC2CC2)C1=O. The molecule has 152 valence electrons. The smallest absolute Gasteiger partial charge is 0.304 e. The summed E-state index contributed by atoms with van der Waals surface area (Å²) in [5.41, 5.74) is 2.04. The van der Waals surface area contributed by atoms with Gasteiger partial charge in [-0.25, -0.2) is 0 Å². The predicted molar refractivity (Wildman–Crippen MR) is 113 cm³/mol. The Labute approximate surface area is 180 Å². The minimum absolute atomic E-state index is 0.0318. The second-order valence-corrected chi connectivity index (χ2v) is 9.00. The normalized spacial score (nSPS) is 24.6. The van der Waals surface area contributed by atoms with Crippen LogP contribution in [0.2, 0.25) is 10.0 Å². The van der Waals surface area contributed by atoms with Crippen molar-refractivity contribution >= 4 is 35.1 Å². The Morgan fingerprint density at radius 2 is 1.76 bits per heavy atom. The van der Waals surface area contributed by atoms with Crippen LogP contribution in [-0.4, -0.2) is 28.4 Å². The van der Waals surface area contributed by atoms with Crippen molar-refractivity contribution in [1.82, 2.24) is 4.90 Å². The van der Waals surface area contributed by atoms with Crippen LogP contribution in [0.25, 0.3) is 0 Å². The average Bonchev–Trinajstić information content (AvgIpc) is 3.49. The molecule has 4 rings (SSSR count). The van der Waals surface area contributed by atoms with Crippen molar-refractivity contribution < 1.29 is 14.7 Å². The standard InChI is InChI=1S/C23H23Cl2NO3/c24-18-8-6-15(7-9-18)22-20(16-2-1-3-19(25)10-16)11-17(12-21(27)28)23(29)26(22)13-14-4-5-14/h1-3,6-10,14,17,20,22H,4-5,11-13H2,(H,27,28)/t17-,20?,22-/m1/s1. The molecule has 0 spiro atoms. The summed E-state index contributed by atoms with van der Waals surface area (Å²) in [7, 11) is 0. The van der Waals surface area contributed by atoms with Crippen LogP contribution in [0.15, 0.2) is 48.5 Å². The molecule has 3 atom stereocenters. The Balaban J connectivity index is 1.78. The fraction of sp³-hybridized carbons (Fsp3) is 0.391. The molecule has 1 amide bonds. The highest BCUT2D eigenvalue weighted by molar-refractivity contribution is 6.30. The number of halogens is 2. The number of rotatable bonds is 6. The van der Waals surface area contributed by atoms with Crippen LogP contribution in [0.3, 0.4) is 0 Å². The minimum atomic E-state index is -0.940. The van der Waals surface area contributed by atoms with Gasteiger partial charge >= 0.3 is 5.97 Å². The van der Waals surface area contributed by atoms with Crippen LogP contribution in [0, 0.1) is 11.8 Å². The Hall–Kier alpha value is -2.04. The van der Waals surface area contributed by atoms with Gasteiger partial charge in [-0.1, -0.05) is 47.5 Å². The first-order valence-corrected chi connectivity index (χ1v) is 10.7. The summed E-state index contributed by atoms with van der Waals surface area (Å²) in [5.74, 6) is -1.06. The summed E-state index contributed by atoms with van der Waals surface area (Å²) in [5, 5.41) is 10.7. The first-order valence-electron chi connectivity index (χ1n) is 9.95. The van der Waals surface area contributed by atoms with Crippen molar-refractivity contribution in [1.29, 1.82) is 0 Å². The van der Waals surface area contributed by atoms with Crippen LogP contribution in [0.1, 0.15) is 48.8 Å². The van der Waals surface area contributed by atoms with Crippen LogP contribution in [-0.2, 0) is 9.59 Å². The quantitative estimate of drug-likeness (QED) is 0.651. The molecule has 1 saturated heterocycles. The van der Waals surface area contributed by atoms with Gasteiger partial charge in [0.25, 0.3) is 0 Å². The van der Waals surface area contributed by atoms with E-state index in [9.17, 15) is 14.7 Å². The van der Waals surface area contributed by atoms with E-state index in [1.165, 1.54) is 0 Å². The predicted octanol–water partition coefficient (Wildman–Crippen LogP) is 5.55. The van der Waals surface area contributed by atoms with E-state index in [1.54, 1.807) is 0 Å². The van der Waals surface area contributed by atoms with Crippen LogP contribution in [0.4, 0.5) is 0 Å². The van der Waals surface area contributed by atoms with Gasteiger partial charge in [-0.2, -0.15) is 0 Å². The van der Waals surface area contributed by atoms with Gasteiger partial charge in [-0.15, -0.1) is 0 Å². The largest absolute Gasteiger partial charge is 0.481 e. The molecule has 1 unspecified atom stereocenters. The molecule has 0 aromatic heterocycles. The second-order valence-electron chi connectivity index (χ2n) is 8.12. The van der Waals surface area contributed by atoms with Crippen molar-refractivity contribution in [2.24, 2.45) is 11.8 Å². The van der Waals surface area contributed by atoms with E-state index < -0.39 is 11.9 Å². The molecule has 0 radical (unpaired) electrons. The molecule has 29 heavy (non-hydrogen) atoms. The molecular weight excluding hydrogens is 409 g/mol. The van der Waals surface area contributed by atoms with Crippen molar-refractivity contribution in [3.8, 4) is 0 Å². The second kappa shape index (κ2) is 8.37. The van der Waals surface area contributed by atoms with E-state index >= 15 is 0 Å². The topological polar surface area (TPSA) is 57.6 Å². The Bertz CT molecular complexity index is 911. The number of likely N-dealkylation sites (tertiary alicyclic amines) is 1. The summed E-state index contributed by atoms with van der Waals surface area (Å²) >= 11 is 12.4. The molecular formula is C23H23Cl2NO3. The lowest BCUT2D eigenvalue weighted by Gasteiger charge is -2.45. The van der Waals surface area contributed by atoms with E-state index in [0.717, 1.165) is 24.0 Å². The minimum Gasteiger partial charge on any atom is -0.481 e. The molecule has 1 N–H and O–H groups in total. The summed E-state index contributed by atoms with van der Waals surface area (Å²) < 4.78 is 0. The van der Waals surface area contributed by atoms with E-state index in [4.69, 9.17) is 23.2 Å². The molecule has 1 aliphatic carbocycles. The maximum Gasteiger partial charge on any atom is 0.304 e. The fourth-order valence-electron chi connectivity index (χ4n) is 4.42. The molecule has 1 saturated carbocycles. The summed E-state index contributed by atoms with van der Waals surface area (Å²) in [6.07, 6.45) is 2.56. The number of benzene rings is 2. The molecule has 2 aromatic carbocycles. The Kier molecular flexibility index (Phi) is 5.84. The summed E-state index contributed by atoms with van der Waals surface area (Å²) in [4.78, 5) is 26.7. The number of aliphatic carboxylic acids is 1. The number of amides is 1. The number of nitrogens with zero attached hydrogens (tertiary/aromatic N) is 1. The summed E-state index contributed by atoms with van der Waals surface area (Å²) in [6, 6.07) is 15.1. The third-order valence-corrected chi connectivity index (χ3v) is 6.44. The van der Waals surface area contributed by atoms with E-state index in [1.807, 2.05) is 53.4 Å². The number of piperidine rings is 1. The van der Waals surface area contributed by atoms with Gasteiger partial charge in [0.05, 0.1) is 12.5 Å². The number of hydrogen-bond donors (Lipinski definition) is 1. The third-order valence-electron chi connectivity index (χ3n) is 5.95. The van der Waals surface area contributed by atoms with Crippen molar-refractivity contribution in [3.63, 3.8) is 0 Å². The van der Waals surface area contributed by atoms with Gasteiger partial charge in [-0.3, -0.25) is 9.59 Å². The average molecular weight is 432 g/mol. The number of carbonyl (C=O) groups is 2. The first-order chi connectivity index (χ1) is 13.9. The van der Waals surface area contributed by atoms with Crippen molar-refractivity contribution in [3.05, 3.63) is 69.7 Å². The van der Waals surface area contributed by atoms with Gasteiger partial charge in [0.15, 0.2) is 0 Å². The third kappa shape index (κ3) is 4.59. The van der Waals surface area contributed by atoms with Crippen LogP contribution < -0.4 is 0 Å². The number of carboxylic acids is 1. The molecule has 4 nitrogen and oxygen atoms in total. The first kappa shape index (κ1) is 20.2. The molecule has 2 aromatic rings. The lowest BCUT2D eigenvalue weighted by molar-refractivity contribution is -0.150. The van der Waals surface area contributed by atoms with Gasteiger partial charge in [-0.05, 0) is 60.6 Å². The number of hydrogen-bond acceptors (Lipinski definition) is 2. The Morgan fingerprint density at radius 1 is 1.03 bits per heavy atom. The zero-order valence-electron chi connectivity index (χ0n) is 15.9. The molecule has 0 bridgehead atoms. The van der Waals surface area contributed by atoms with Gasteiger partial charge < -0.3 is 10.0 Å². The molecule has 2 fully saturated rings. The fourth-order valence-corrected chi connectivity index (χ4v) is 4.74. The van der Waals surface area contributed by atoms with Gasteiger partial charge in [0, 0.05) is 28.4 Å². The molecule has 6 heteroatoms. The van der Waals surface area contributed by atoms with E-state index in [2.05, 4.69) is 0 Å². The van der Waals surface area contributed by atoms with E-state index in [-0.39, 0.29) is 24.3 Å². The van der Waals surface area contributed by atoms with Gasteiger partial charge in [0.1, 0.15) is 0 Å². The van der Waals surface area contributed by atoms with E-state index in [0.29, 0.717) is 28.9 Å². The summed E-state index contributed by atoms with van der Waals surface area (Å²) in [6.45, 7) is 0.666. The maximum atomic E-state index is 13.3. The highest BCUT2D eigenvalue weighted by Gasteiger charge is 2.45. The monoisotopic (exact) mass is 431 g/mol. The maximum absolute atomic E-state index is 13.3. The zero-order chi connectivity index (χ0) is 20.5. The highest BCUT2D eigenvalue weighted by atomic mass is 35.5. The number of carboxylic acid groups (broad SMARTS) is 1. The number of carbonyl (C=O) groups excluding carboxylic acids is 1. The van der Waals surface area contributed by atoms with Crippen molar-refractivity contribution in [2.75, 3.05) is 6.54 Å². The Morgan fingerprint density at radius 3 is 2.38 bits per heavy atom. The zero-order valence-corrected chi connectivity index (χ0v) is 17.4. The van der Waals surface area contributed by atoms with Crippen LogP contribution >= 0.6 is 23.2 Å². The van der Waals surface area contributed by atoms with Crippen molar-refractivity contribution in [2.45, 2.75) is 37.6 Å². The lowest BCUT2D eigenvalue weighted by Crippen LogP contribution is -2.48. The molecule has 2 aliphatic rings. The van der Waals surface area contributed by atoms with Crippen LogP contribution in [0.5, 0.6) is 0 Å². The molecule has 1 aliphatic heterocycles. The highest BCUT2D eigenvalue weighted by Crippen LogP contribution is 2.48. The lowest BCUT2D eigenvalue weighted by atomic mass is 9.75. The molecule has 1 heterocycles. The van der Waals surface area contributed by atoms with Gasteiger partial charge in [0.2, 0.25) is 5.91 Å².